The summed E-state index contributed by atoms with van der Waals surface area (Å²) in [4.78, 5) is 25.8. The minimum atomic E-state index is -0.585. The van der Waals surface area contributed by atoms with Crippen LogP contribution < -0.4 is 15.0 Å². The third-order valence-corrected chi connectivity index (χ3v) is 4.13. The highest BCUT2D eigenvalue weighted by atomic mass is 35.5. The van der Waals surface area contributed by atoms with Crippen molar-refractivity contribution in [3.8, 4) is 11.5 Å². The molecule has 1 aliphatic rings. The van der Waals surface area contributed by atoms with Crippen molar-refractivity contribution in [3.05, 3.63) is 57.7 Å². The summed E-state index contributed by atoms with van der Waals surface area (Å²) in [7, 11) is 0. The van der Waals surface area contributed by atoms with Gasteiger partial charge in [-0.3, -0.25) is 4.79 Å². The van der Waals surface area contributed by atoms with Crippen LogP contribution in [0, 0.1) is 0 Å². The standard InChI is InChI=1S/C18H14Cl2N2O4/c1-2-26-15-8-10(6-13(20)16(15)23)7-14-17(24)22(18(25)21-14)12-5-3-4-11(19)9-12/h3-9,23H,2H2,1H3,(H,21,25). The molecule has 6 nitrogen and oxygen atoms in total. The summed E-state index contributed by atoms with van der Waals surface area (Å²) in [5.41, 5.74) is 0.925. The number of phenolic OH excluding ortho intramolecular Hbond substituents is 1. The van der Waals surface area contributed by atoms with Gasteiger partial charge in [0.1, 0.15) is 5.70 Å². The highest BCUT2D eigenvalue weighted by Crippen LogP contribution is 2.36. The van der Waals surface area contributed by atoms with Crippen LogP contribution >= 0.6 is 23.2 Å². The third kappa shape index (κ3) is 3.47. The SMILES string of the molecule is CCOc1cc(C=C2NC(=O)N(c3cccc(Cl)c3)C2=O)cc(Cl)c1O. The van der Waals surface area contributed by atoms with Gasteiger partial charge in [0.05, 0.1) is 17.3 Å². The first-order valence-electron chi connectivity index (χ1n) is 7.68. The van der Waals surface area contributed by atoms with Crippen LogP contribution in [0.2, 0.25) is 10.0 Å². The number of hydrogen-bond acceptors (Lipinski definition) is 4. The van der Waals surface area contributed by atoms with Crippen LogP contribution in [0.4, 0.5) is 10.5 Å². The predicted octanol–water partition coefficient (Wildman–Crippen LogP) is 4.20. The fourth-order valence-corrected chi connectivity index (χ4v) is 2.90. The Kier molecular flexibility index (Phi) is 5.06. The van der Waals surface area contributed by atoms with Crippen LogP contribution in [0.3, 0.4) is 0 Å². The van der Waals surface area contributed by atoms with Gasteiger partial charge in [0.15, 0.2) is 11.5 Å². The van der Waals surface area contributed by atoms with E-state index in [2.05, 4.69) is 5.32 Å². The number of carbonyl (C=O) groups is 2. The van der Waals surface area contributed by atoms with Crippen LogP contribution in [0.1, 0.15) is 12.5 Å². The van der Waals surface area contributed by atoms with Gasteiger partial charge in [-0.25, -0.2) is 9.69 Å². The van der Waals surface area contributed by atoms with Crippen molar-refractivity contribution in [3.63, 3.8) is 0 Å². The van der Waals surface area contributed by atoms with Gasteiger partial charge in [0, 0.05) is 5.02 Å². The zero-order chi connectivity index (χ0) is 18.8. The second-order valence-electron chi connectivity index (χ2n) is 5.39. The number of hydrogen-bond donors (Lipinski definition) is 2. The molecule has 0 aliphatic carbocycles. The summed E-state index contributed by atoms with van der Waals surface area (Å²) < 4.78 is 5.31. The van der Waals surface area contributed by atoms with E-state index >= 15 is 0 Å². The molecule has 3 rings (SSSR count). The molecule has 1 saturated heterocycles. The van der Waals surface area contributed by atoms with E-state index in [1.54, 1.807) is 25.1 Å². The number of benzene rings is 2. The van der Waals surface area contributed by atoms with E-state index < -0.39 is 11.9 Å². The van der Waals surface area contributed by atoms with Crippen molar-refractivity contribution < 1.29 is 19.4 Å². The van der Waals surface area contributed by atoms with Crippen molar-refractivity contribution in [2.75, 3.05) is 11.5 Å². The van der Waals surface area contributed by atoms with Crippen molar-refractivity contribution in [1.82, 2.24) is 5.32 Å². The minimum absolute atomic E-state index is 0.0687. The molecule has 2 aromatic carbocycles. The van der Waals surface area contributed by atoms with Crippen molar-refractivity contribution in [2.45, 2.75) is 6.92 Å². The fourth-order valence-electron chi connectivity index (χ4n) is 2.49. The average molecular weight is 393 g/mol. The highest BCUT2D eigenvalue weighted by molar-refractivity contribution is 6.33. The number of nitrogens with one attached hydrogen (secondary N) is 1. The molecule has 0 bridgehead atoms. The highest BCUT2D eigenvalue weighted by Gasteiger charge is 2.35. The Balaban J connectivity index is 1.96. The molecule has 3 amide bonds. The van der Waals surface area contributed by atoms with Crippen LogP contribution in [-0.2, 0) is 4.79 Å². The first kappa shape index (κ1) is 18.1. The molecule has 134 valence electrons. The van der Waals surface area contributed by atoms with E-state index in [1.165, 1.54) is 24.3 Å². The van der Waals surface area contributed by atoms with E-state index in [0.29, 0.717) is 22.9 Å². The summed E-state index contributed by atoms with van der Waals surface area (Å²) in [5.74, 6) is -0.521. The zero-order valence-electron chi connectivity index (χ0n) is 13.6. The quantitative estimate of drug-likeness (QED) is 0.603. The lowest BCUT2D eigenvalue weighted by atomic mass is 10.1. The molecule has 0 atom stereocenters. The number of halogens is 2. The van der Waals surface area contributed by atoms with Gasteiger partial charge in [-0.2, -0.15) is 0 Å². The van der Waals surface area contributed by atoms with Gasteiger partial charge >= 0.3 is 6.03 Å². The van der Waals surface area contributed by atoms with Crippen LogP contribution in [-0.4, -0.2) is 23.7 Å². The fraction of sp³-hybridized carbons (Fsp3) is 0.111. The third-order valence-electron chi connectivity index (χ3n) is 3.61. The van der Waals surface area contributed by atoms with Crippen molar-refractivity contribution >= 4 is 46.9 Å². The smallest absolute Gasteiger partial charge is 0.333 e. The number of ether oxygens (including phenoxy) is 1. The monoisotopic (exact) mass is 392 g/mol. The zero-order valence-corrected chi connectivity index (χ0v) is 15.1. The van der Waals surface area contributed by atoms with E-state index in [-0.39, 0.29) is 22.2 Å². The first-order chi connectivity index (χ1) is 12.4. The number of rotatable bonds is 4. The Bertz CT molecular complexity index is 927. The molecule has 1 fully saturated rings. The largest absolute Gasteiger partial charge is 0.503 e. The molecule has 26 heavy (non-hydrogen) atoms. The number of carbonyl (C=O) groups excluding carboxylic acids is 2. The summed E-state index contributed by atoms with van der Waals surface area (Å²) in [6.07, 6.45) is 1.46. The molecule has 1 aliphatic heterocycles. The maximum atomic E-state index is 12.6. The number of imide groups is 1. The number of aromatic hydroxyl groups is 1. The lowest BCUT2D eigenvalue weighted by molar-refractivity contribution is -0.113. The van der Waals surface area contributed by atoms with Crippen LogP contribution in [0.25, 0.3) is 6.08 Å². The number of amides is 3. The van der Waals surface area contributed by atoms with E-state index in [9.17, 15) is 14.7 Å². The first-order valence-corrected chi connectivity index (χ1v) is 8.44. The second-order valence-corrected chi connectivity index (χ2v) is 6.23. The van der Waals surface area contributed by atoms with Gasteiger partial charge in [-0.05, 0) is 48.9 Å². The predicted molar refractivity (Wildman–Crippen MR) is 99.7 cm³/mol. The molecule has 8 heteroatoms. The van der Waals surface area contributed by atoms with E-state index in [1.807, 2.05) is 0 Å². The van der Waals surface area contributed by atoms with Crippen LogP contribution in [0.5, 0.6) is 11.5 Å². The summed E-state index contributed by atoms with van der Waals surface area (Å²) in [6, 6.07) is 8.83. The van der Waals surface area contributed by atoms with Crippen molar-refractivity contribution in [2.24, 2.45) is 0 Å². The Labute approximate surface area is 159 Å². The summed E-state index contributed by atoms with van der Waals surface area (Å²) >= 11 is 11.9. The van der Waals surface area contributed by atoms with Crippen LogP contribution in [0.15, 0.2) is 42.1 Å². The Hall–Kier alpha value is -2.70. The molecule has 0 radical (unpaired) electrons. The Morgan fingerprint density at radius 1 is 1.23 bits per heavy atom. The van der Waals surface area contributed by atoms with Crippen molar-refractivity contribution in [1.29, 1.82) is 0 Å². The molecular formula is C18H14Cl2N2O4. The van der Waals surface area contributed by atoms with Gasteiger partial charge in [0.2, 0.25) is 0 Å². The lowest BCUT2D eigenvalue weighted by Crippen LogP contribution is -2.30. The number of nitrogens with zero attached hydrogens (tertiary/aromatic N) is 1. The minimum Gasteiger partial charge on any atom is -0.503 e. The molecular weight excluding hydrogens is 379 g/mol. The van der Waals surface area contributed by atoms with Gasteiger partial charge in [-0.1, -0.05) is 29.3 Å². The maximum Gasteiger partial charge on any atom is 0.333 e. The van der Waals surface area contributed by atoms with Gasteiger partial charge in [0.25, 0.3) is 5.91 Å². The Morgan fingerprint density at radius 3 is 2.69 bits per heavy atom. The topological polar surface area (TPSA) is 78.9 Å². The Morgan fingerprint density at radius 2 is 2.00 bits per heavy atom. The molecule has 0 saturated carbocycles. The molecule has 0 aromatic heterocycles. The maximum absolute atomic E-state index is 12.6. The number of anilines is 1. The molecule has 2 aromatic rings. The van der Waals surface area contributed by atoms with E-state index in [0.717, 1.165) is 4.90 Å². The summed E-state index contributed by atoms with van der Waals surface area (Å²) in [5, 5.41) is 12.9. The molecule has 2 N–H and O–H groups in total. The molecule has 0 unspecified atom stereocenters. The van der Waals surface area contributed by atoms with Gasteiger partial charge in [-0.15, -0.1) is 0 Å². The van der Waals surface area contributed by atoms with E-state index in [4.69, 9.17) is 27.9 Å². The lowest BCUT2D eigenvalue weighted by Gasteiger charge is -2.11. The number of phenols is 1. The van der Waals surface area contributed by atoms with Gasteiger partial charge < -0.3 is 15.2 Å². The normalized spacial score (nSPS) is 15.5. The average Bonchev–Trinajstić information content (AvgIpc) is 2.86. The number of urea groups is 1. The molecule has 0 spiro atoms. The second kappa shape index (κ2) is 7.27. The molecule has 1 heterocycles. The summed E-state index contributed by atoms with van der Waals surface area (Å²) in [6.45, 7) is 2.10.